The monoisotopic (exact) mass is 194 g/mol. The van der Waals surface area contributed by atoms with Gasteiger partial charge in [-0.05, 0) is 13.5 Å². The summed E-state index contributed by atoms with van der Waals surface area (Å²) in [6, 6.07) is 0. The molecule has 1 radical (unpaired) electrons. The van der Waals surface area contributed by atoms with Gasteiger partial charge in [0, 0.05) is 6.61 Å². The maximum absolute atomic E-state index is 9.06. The van der Waals surface area contributed by atoms with Crippen LogP contribution in [-0.4, -0.2) is 26.2 Å². The molecule has 4 heteroatoms. The molecule has 1 aliphatic heterocycles. The molecular formula is C7H13NO2V. The molecule has 0 atom stereocenters. The molecule has 1 aliphatic rings. The summed E-state index contributed by atoms with van der Waals surface area (Å²) in [5.74, 6) is 0. The minimum atomic E-state index is 0. The summed E-state index contributed by atoms with van der Waals surface area (Å²) in [5, 5.41) is 3.17. The molecule has 1 heterocycles. The second-order valence-electron chi connectivity index (χ2n) is 1.80. The standard InChI is InChI=1S/C4H8N.C3H5O2.V/c1-2-4-5-3-1;1-2-5-3-4;/h1,5H,2-4H2;2H2,1H3;/q2*-1;+2. The van der Waals surface area contributed by atoms with Crippen molar-refractivity contribution in [2.24, 2.45) is 0 Å². The molecule has 0 bridgehead atoms. The Balaban J connectivity index is 0. The van der Waals surface area contributed by atoms with Crippen LogP contribution in [0.2, 0.25) is 0 Å². The van der Waals surface area contributed by atoms with Crippen LogP contribution >= 0.6 is 0 Å². The van der Waals surface area contributed by atoms with Crippen molar-refractivity contribution in [3.05, 3.63) is 6.42 Å². The van der Waals surface area contributed by atoms with Crippen LogP contribution < -0.4 is 5.32 Å². The van der Waals surface area contributed by atoms with E-state index in [-0.39, 0.29) is 18.6 Å². The summed E-state index contributed by atoms with van der Waals surface area (Å²) < 4.78 is 4.03. The molecule has 0 spiro atoms. The molecule has 1 rings (SSSR count). The van der Waals surface area contributed by atoms with Crippen LogP contribution in [0.3, 0.4) is 0 Å². The van der Waals surface area contributed by atoms with Gasteiger partial charge in [-0.1, -0.05) is 6.47 Å². The number of carbonyl (C=O) groups excluding carboxylic acids is 1. The van der Waals surface area contributed by atoms with Crippen molar-refractivity contribution in [2.75, 3.05) is 19.7 Å². The fourth-order valence-electron chi connectivity index (χ4n) is 0.569. The second kappa shape index (κ2) is 12.7. The summed E-state index contributed by atoms with van der Waals surface area (Å²) in [7, 11) is 0. The van der Waals surface area contributed by atoms with E-state index in [9.17, 15) is 0 Å². The van der Waals surface area contributed by atoms with E-state index in [1.807, 2.05) is 0 Å². The predicted molar refractivity (Wildman–Crippen MR) is 39.1 cm³/mol. The van der Waals surface area contributed by atoms with Gasteiger partial charge >= 0.3 is 18.6 Å². The van der Waals surface area contributed by atoms with E-state index in [1.54, 1.807) is 6.92 Å². The van der Waals surface area contributed by atoms with Crippen molar-refractivity contribution in [3.63, 3.8) is 0 Å². The third-order valence-corrected chi connectivity index (χ3v) is 1.02. The van der Waals surface area contributed by atoms with E-state index in [1.165, 1.54) is 19.4 Å². The van der Waals surface area contributed by atoms with Crippen molar-refractivity contribution >= 4 is 6.47 Å². The summed E-state index contributed by atoms with van der Waals surface area (Å²) >= 11 is 0. The van der Waals surface area contributed by atoms with E-state index < -0.39 is 0 Å². The van der Waals surface area contributed by atoms with Gasteiger partial charge in [-0.3, -0.25) is 0 Å². The molecule has 0 unspecified atom stereocenters. The van der Waals surface area contributed by atoms with Gasteiger partial charge in [0.25, 0.3) is 0 Å². The summed E-state index contributed by atoms with van der Waals surface area (Å²) in [6.45, 7) is 5.73. The van der Waals surface area contributed by atoms with Crippen LogP contribution in [0.5, 0.6) is 0 Å². The molecule has 0 aromatic rings. The number of hydrogen-bond acceptors (Lipinski definition) is 3. The van der Waals surface area contributed by atoms with Gasteiger partial charge in [-0.15, -0.1) is 6.54 Å². The molecule has 0 aromatic heterocycles. The Morgan fingerprint density at radius 1 is 1.73 bits per heavy atom. The minimum Gasteiger partial charge on any atom is -0.653 e. The van der Waals surface area contributed by atoms with Gasteiger partial charge in [0.15, 0.2) is 0 Å². The van der Waals surface area contributed by atoms with Crippen LogP contribution in [0.1, 0.15) is 13.3 Å². The molecule has 11 heavy (non-hydrogen) atoms. The van der Waals surface area contributed by atoms with Gasteiger partial charge in [0.05, 0.1) is 0 Å². The molecule has 3 nitrogen and oxygen atoms in total. The van der Waals surface area contributed by atoms with E-state index in [0.29, 0.717) is 6.61 Å². The second-order valence-corrected chi connectivity index (χ2v) is 1.80. The molecule has 63 valence electrons. The molecule has 1 fully saturated rings. The fraction of sp³-hybridized carbons (Fsp3) is 0.714. The average Bonchev–Trinajstić information content (AvgIpc) is 2.44. The number of nitrogens with one attached hydrogen (secondary N) is 1. The zero-order valence-electron chi connectivity index (χ0n) is 6.67. The van der Waals surface area contributed by atoms with Crippen molar-refractivity contribution in [1.82, 2.24) is 5.32 Å². The maximum Gasteiger partial charge on any atom is 2.00 e. The molecule has 1 N–H and O–H groups in total. The largest absolute Gasteiger partial charge is 2.00 e. The van der Waals surface area contributed by atoms with E-state index >= 15 is 0 Å². The Morgan fingerprint density at radius 2 is 2.45 bits per heavy atom. The van der Waals surface area contributed by atoms with E-state index in [2.05, 4.69) is 16.5 Å². The van der Waals surface area contributed by atoms with Gasteiger partial charge < -0.3 is 21.3 Å². The predicted octanol–water partition coefficient (Wildman–Crippen LogP) is 0.272. The zero-order valence-corrected chi connectivity index (χ0v) is 8.07. The Labute approximate surface area is 79.8 Å². The van der Waals surface area contributed by atoms with Crippen LogP contribution in [0, 0.1) is 6.42 Å². The smallest absolute Gasteiger partial charge is 0.653 e. The number of rotatable bonds is 2. The summed E-state index contributed by atoms with van der Waals surface area (Å²) in [5.41, 5.74) is 0. The Hall–Kier alpha value is 0.0144. The zero-order chi connectivity index (χ0) is 7.66. The quantitative estimate of drug-likeness (QED) is 0.641. The number of hydrogen-bond donors (Lipinski definition) is 1. The summed E-state index contributed by atoms with van der Waals surface area (Å²) in [4.78, 5) is 9.06. The van der Waals surface area contributed by atoms with Crippen LogP contribution in [0.25, 0.3) is 0 Å². The van der Waals surface area contributed by atoms with Crippen molar-refractivity contribution in [1.29, 1.82) is 0 Å². The van der Waals surface area contributed by atoms with Gasteiger partial charge in [0.2, 0.25) is 0 Å². The van der Waals surface area contributed by atoms with Crippen molar-refractivity contribution < 1.29 is 28.1 Å². The first kappa shape index (κ1) is 13.6. The van der Waals surface area contributed by atoms with E-state index in [0.717, 1.165) is 6.54 Å². The molecule has 0 aromatic carbocycles. The first-order chi connectivity index (χ1) is 4.91. The molecule has 0 saturated carbocycles. The van der Waals surface area contributed by atoms with Crippen LogP contribution in [0.15, 0.2) is 0 Å². The third kappa shape index (κ3) is 13.1. The summed E-state index contributed by atoms with van der Waals surface area (Å²) in [6.07, 6.45) is 3.51. The Kier molecular flexibility index (Phi) is 15.7. The molecule has 0 aliphatic carbocycles. The van der Waals surface area contributed by atoms with Crippen molar-refractivity contribution in [2.45, 2.75) is 13.3 Å². The maximum atomic E-state index is 9.06. The Bertz CT molecular complexity index is 69.2. The van der Waals surface area contributed by atoms with Crippen LogP contribution in [0.4, 0.5) is 0 Å². The van der Waals surface area contributed by atoms with Gasteiger partial charge in [-0.2, -0.15) is 6.42 Å². The van der Waals surface area contributed by atoms with Gasteiger partial charge in [0.1, 0.15) is 0 Å². The topological polar surface area (TPSA) is 38.3 Å². The Morgan fingerprint density at radius 3 is 2.55 bits per heavy atom. The SMILES string of the molecule is CCO[C-]=O.[CH-]1CCNC1.[V+2]. The van der Waals surface area contributed by atoms with E-state index in [4.69, 9.17) is 4.79 Å². The number of ether oxygens (including phenoxy) is 1. The van der Waals surface area contributed by atoms with Crippen molar-refractivity contribution in [3.8, 4) is 0 Å². The average molecular weight is 194 g/mol. The minimum absolute atomic E-state index is 0. The first-order valence-corrected chi connectivity index (χ1v) is 3.43. The van der Waals surface area contributed by atoms with Crippen LogP contribution in [-0.2, 0) is 28.1 Å². The fourth-order valence-corrected chi connectivity index (χ4v) is 0.569. The molecular weight excluding hydrogens is 181 g/mol. The molecule has 1 saturated heterocycles. The third-order valence-electron chi connectivity index (χ3n) is 1.02. The van der Waals surface area contributed by atoms with Gasteiger partial charge in [-0.25, -0.2) is 0 Å². The normalized spacial score (nSPS) is 13.9. The molecule has 0 amide bonds. The first-order valence-electron chi connectivity index (χ1n) is 3.43.